The number of hydrogen-bond donors (Lipinski definition) is 3. The molecule has 2 aromatic heterocycles. The number of hydrogen-bond acceptors (Lipinski definition) is 6. The van der Waals surface area contributed by atoms with E-state index in [4.69, 9.17) is 5.73 Å². The highest BCUT2D eigenvalue weighted by Gasteiger charge is 2.26. The van der Waals surface area contributed by atoms with Gasteiger partial charge < -0.3 is 16.4 Å². The van der Waals surface area contributed by atoms with Crippen molar-refractivity contribution in [3.63, 3.8) is 0 Å². The van der Waals surface area contributed by atoms with Crippen molar-refractivity contribution in [1.82, 2.24) is 24.4 Å². The zero-order chi connectivity index (χ0) is 21.4. The van der Waals surface area contributed by atoms with Gasteiger partial charge in [0.1, 0.15) is 11.8 Å². The fourth-order valence-corrected chi connectivity index (χ4v) is 3.98. The Kier molecular flexibility index (Phi) is 4.72. The van der Waals surface area contributed by atoms with E-state index >= 15 is 0 Å². The van der Waals surface area contributed by atoms with Crippen LogP contribution < -0.4 is 22.1 Å². The molecule has 9 heteroatoms. The first-order valence-corrected chi connectivity index (χ1v) is 10.0. The van der Waals surface area contributed by atoms with Gasteiger partial charge in [-0.3, -0.25) is 13.9 Å². The molecule has 1 fully saturated rings. The molecule has 1 amide bonds. The lowest BCUT2D eigenvalue weighted by atomic mass is 10.2. The van der Waals surface area contributed by atoms with E-state index in [0.29, 0.717) is 34.6 Å². The van der Waals surface area contributed by atoms with Crippen LogP contribution in [0.3, 0.4) is 0 Å². The van der Waals surface area contributed by atoms with Gasteiger partial charge in [-0.25, -0.2) is 14.8 Å². The normalized spacial score (nSPS) is 15.9. The molecule has 4 aromatic rings. The van der Waals surface area contributed by atoms with E-state index in [1.165, 1.54) is 10.9 Å². The van der Waals surface area contributed by atoms with Gasteiger partial charge in [-0.05, 0) is 49.4 Å². The zero-order valence-corrected chi connectivity index (χ0v) is 16.7. The van der Waals surface area contributed by atoms with Crippen LogP contribution in [-0.4, -0.2) is 38.1 Å². The van der Waals surface area contributed by atoms with Gasteiger partial charge in [0.25, 0.3) is 5.91 Å². The summed E-state index contributed by atoms with van der Waals surface area (Å²) in [6.45, 7) is 1.55. The highest BCUT2D eigenvalue weighted by atomic mass is 16.2. The SMILES string of the molecule is Nc1ncnc2c1n(-c1ccc(NC(=O)c3ccccc3)cc1)c(=O)n2C1CCNC1. The lowest BCUT2D eigenvalue weighted by Gasteiger charge is -2.09. The van der Waals surface area contributed by atoms with Crippen molar-refractivity contribution >= 4 is 28.6 Å². The number of amides is 1. The molecule has 1 atom stereocenters. The standard InChI is InChI=1S/C22H21N7O2/c23-19-18-20(26-13-25-19)29(17-10-11-24-12-17)22(31)28(18)16-8-6-15(7-9-16)27-21(30)14-4-2-1-3-5-14/h1-9,13,17,24H,10-12H2,(H,27,30)(H2,23,25,26). The Labute approximate surface area is 177 Å². The van der Waals surface area contributed by atoms with E-state index in [2.05, 4.69) is 20.6 Å². The third kappa shape index (κ3) is 3.34. The van der Waals surface area contributed by atoms with Crippen molar-refractivity contribution in [2.24, 2.45) is 0 Å². The van der Waals surface area contributed by atoms with Gasteiger partial charge in [0.2, 0.25) is 0 Å². The first-order valence-electron chi connectivity index (χ1n) is 10.0. The number of carbonyl (C=O) groups is 1. The molecule has 0 bridgehead atoms. The maximum absolute atomic E-state index is 13.4. The second-order valence-electron chi connectivity index (χ2n) is 7.43. The first kappa shape index (κ1) is 19.0. The van der Waals surface area contributed by atoms with Gasteiger partial charge in [0, 0.05) is 17.8 Å². The summed E-state index contributed by atoms with van der Waals surface area (Å²) in [5.41, 5.74) is 8.75. The van der Waals surface area contributed by atoms with Crippen LogP contribution in [0.15, 0.2) is 65.7 Å². The van der Waals surface area contributed by atoms with E-state index in [-0.39, 0.29) is 23.5 Å². The number of anilines is 2. The summed E-state index contributed by atoms with van der Waals surface area (Å²) in [7, 11) is 0. The molecule has 1 aliphatic rings. The van der Waals surface area contributed by atoms with Crippen LogP contribution in [0.1, 0.15) is 22.8 Å². The van der Waals surface area contributed by atoms with Crippen LogP contribution in [0.5, 0.6) is 0 Å². The van der Waals surface area contributed by atoms with Crippen molar-refractivity contribution in [2.75, 3.05) is 24.1 Å². The minimum absolute atomic E-state index is 0.00924. The molecule has 0 saturated carbocycles. The highest BCUT2D eigenvalue weighted by molar-refractivity contribution is 6.04. The number of nitrogens with two attached hydrogens (primary N) is 1. The lowest BCUT2D eigenvalue weighted by Crippen LogP contribution is -2.28. The Morgan fingerprint density at radius 3 is 2.58 bits per heavy atom. The molecule has 9 nitrogen and oxygen atoms in total. The maximum Gasteiger partial charge on any atom is 0.335 e. The fraction of sp³-hybridized carbons (Fsp3) is 0.182. The number of imidazole rings is 1. The van der Waals surface area contributed by atoms with Crippen LogP contribution in [-0.2, 0) is 0 Å². The predicted octanol–water partition coefficient (Wildman–Crippen LogP) is 1.95. The molecule has 3 heterocycles. The van der Waals surface area contributed by atoms with E-state index in [0.717, 1.165) is 13.0 Å². The molecule has 4 N–H and O–H groups in total. The van der Waals surface area contributed by atoms with Crippen LogP contribution in [0, 0.1) is 0 Å². The Morgan fingerprint density at radius 2 is 1.87 bits per heavy atom. The van der Waals surface area contributed by atoms with Gasteiger partial charge in [0.05, 0.1) is 11.7 Å². The smallest absolute Gasteiger partial charge is 0.335 e. The average molecular weight is 415 g/mol. The van der Waals surface area contributed by atoms with Crippen LogP contribution in [0.2, 0.25) is 0 Å². The molecule has 31 heavy (non-hydrogen) atoms. The number of rotatable bonds is 4. The summed E-state index contributed by atoms with van der Waals surface area (Å²) in [5.74, 6) is 0.0433. The quantitative estimate of drug-likeness (QED) is 0.469. The number of fused-ring (bicyclic) bond motifs is 1. The summed E-state index contributed by atoms with van der Waals surface area (Å²) >= 11 is 0. The molecule has 1 aliphatic heterocycles. The second kappa shape index (κ2) is 7.69. The summed E-state index contributed by atoms with van der Waals surface area (Å²) in [6.07, 6.45) is 2.22. The van der Waals surface area contributed by atoms with Crippen molar-refractivity contribution in [3.05, 3.63) is 77.0 Å². The number of nitrogens with zero attached hydrogens (tertiary/aromatic N) is 4. The van der Waals surface area contributed by atoms with Crippen molar-refractivity contribution in [1.29, 1.82) is 0 Å². The molecule has 5 rings (SSSR count). The Balaban J connectivity index is 1.53. The Hall–Kier alpha value is -3.98. The van der Waals surface area contributed by atoms with Gasteiger partial charge in [-0.2, -0.15) is 0 Å². The largest absolute Gasteiger partial charge is 0.382 e. The molecular formula is C22H21N7O2. The van der Waals surface area contributed by atoms with Crippen molar-refractivity contribution in [3.8, 4) is 5.69 Å². The minimum Gasteiger partial charge on any atom is -0.382 e. The molecule has 0 aliphatic carbocycles. The number of aromatic nitrogens is 4. The fourth-order valence-electron chi connectivity index (χ4n) is 3.98. The van der Waals surface area contributed by atoms with Gasteiger partial charge in [-0.15, -0.1) is 0 Å². The average Bonchev–Trinajstić information content (AvgIpc) is 3.41. The van der Waals surface area contributed by atoms with E-state index in [1.807, 2.05) is 18.2 Å². The number of nitrogens with one attached hydrogen (secondary N) is 2. The van der Waals surface area contributed by atoms with E-state index < -0.39 is 0 Å². The summed E-state index contributed by atoms with van der Waals surface area (Å²) in [5, 5.41) is 6.14. The summed E-state index contributed by atoms with van der Waals surface area (Å²) in [4.78, 5) is 34.2. The molecule has 1 saturated heterocycles. The van der Waals surface area contributed by atoms with Crippen LogP contribution in [0.25, 0.3) is 16.9 Å². The predicted molar refractivity (Wildman–Crippen MR) is 118 cm³/mol. The third-order valence-electron chi connectivity index (χ3n) is 5.50. The molecule has 0 radical (unpaired) electrons. The molecule has 0 spiro atoms. The van der Waals surface area contributed by atoms with Crippen LogP contribution in [0.4, 0.5) is 11.5 Å². The van der Waals surface area contributed by atoms with Gasteiger partial charge in [0.15, 0.2) is 11.5 Å². The number of benzene rings is 2. The zero-order valence-electron chi connectivity index (χ0n) is 16.7. The van der Waals surface area contributed by atoms with Crippen molar-refractivity contribution < 1.29 is 4.79 Å². The van der Waals surface area contributed by atoms with E-state index in [9.17, 15) is 9.59 Å². The number of carbonyl (C=O) groups excluding carboxylic acids is 1. The van der Waals surface area contributed by atoms with Crippen molar-refractivity contribution in [2.45, 2.75) is 12.5 Å². The molecular weight excluding hydrogens is 394 g/mol. The first-order chi connectivity index (χ1) is 15.1. The monoisotopic (exact) mass is 415 g/mol. The third-order valence-corrected chi connectivity index (χ3v) is 5.50. The van der Waals surface area contributed by atoms with E-state index in [1.54, 1.807) is 41.0 Å². The molecule has 156 valence electrons. The molecule has 2 aromatic carbocycles. The second-order valence-corrected chi connectivity index (χ2v) is 7.43. The maximum atomic E-state index is 13.4. The Bertz CT molecular complexity index is 1300. The molecule has 1 unspecified atom stereocenters. The van der Waals surface area contributed by atoms with Gasteiger partial charge >= 0.3 is 5.69 Å². The summed E-state index contributed by atoms with van der Waals surface area (Å²) < 4.78 is 3.23. The van der Waals surface area contributed by atoms with Gasteiger partial charge in [-0.1, -0.05) is 18.2 Å². The highest BCUT2D eigenvalue weighted by Crippen LogP contribution is 2.25. The lowest BCUT2D eigenvalue weighted by molar-refractivity contribution is 0.102. The van der Waals surface area contributed by atoms with Crippen LogP contribution >= 0.6 is 0 Å². The summed E-state index contributed by atoms with van der Waals surface area (Å²) in [6, 6.07) is 16.0. The topological polar surface area (TPSA) is 120 Å². The minimum atomic E-state index is -0.211. The Morgan fingerprint density at radius 1 is 1.10 bits per heavy atom. The number of nitrogen functional groups attached to an aromatic ring is 1.